The lowest BCUT2D eigenvalue weighted by atomic mass is 9.84. The minimum absolute atomic E-state index is 0.124. The Morgan fingerprint density at radius 3 is 2.62 bits per heavy atom. The molecule has 1 aliphatic rings. The molecule has 1 fully saturated rings. The van der Waals surface area contributed by atoms with Gasteiger partial charge in [0.1, 0.15) is 5.60 Å². The van der Waals surface area contributed by atoms with E-state index in [1.165, 1.54) is 0 Å². The van der Waals surface area contributed by atoms with Gasteiger partial charge in [-0.3, -0.25) is 4.79 Å². The number of ketones is 1. The van der Waals surface area contributed by atoms with Gasteiger partial charge >= 0.3 is 0 Å². The first-order valence-electron chi connectivity index (χ1n) is 8.13. The van der Waals surface area contributed by atoms with Gasteiger partial charge in [0, 0.05) is 18.0 Å². The maximum Gasteiger partial charge on any atom is 0.186 e. The molecule has 122 valence electrons. The molecule has 4 nitrogen and oxygen atoms in total. The van der Waals surface area contributed by atoms with Crippen LogP contribution in [0.3, 0.4) is 0 Å². The number of nitrogens with one attached hydrogen (secondary N) is 1. The van der Waals surface area contributed by atoms with Crippen LogP contribution in [0.5, 0.6) is 0 Å². The Morgan fingerprint density at radius 2 is 2.19 bits per heavy atom. The van der Waals surface area contributed by atoms with Crippen LogP contribution in [0.4, 0.5) is 0 Å². The molecule has 0 aromatic carbocycles. The van der Waals surface area contributed by atoms with Crippen molar-refractivity contribution in [2.75, 3.05) is 6.61 Å². The molecule has 4 heteroatoms. The maximum absolute atomic E-state index is 12.7. The number of hydrogen-bond acceptors (Lipinski definition) is 4. The van der Waals surface area contributed by atoms with Gasteiger partial charge in [0.2, 0.25) is 0 Å². The summed E-state index contributed by atoms with van der Waals surface area (Å²) in [7, 11) is 0. The smallest absolute Gasteiger partial charge is 0.186 e. The largest absolute Gasteiger partial charge is 0.382 e. The lowest BCUT2D eigenvalue weighted by Gasteiger charge is -2.39. The topological polar surface area (TPSA) is 58.6 Å². The number of allylic oxidation sites excluding steroid dienone is 2. The van der Waals surface area contributed by atoms with E-state index in [0.29, 0.717) is 18.8 Å². The number of carbonyl (C=O) groups is 1. The molecule has 0 bridgehead atoms. The molecular formula is C17H31NO3. The molecular weight excluding hydrogens is 266 g/mol. The molecule has 0 aliphatic carbocycles. The number of carbonyl (C=O) groups excluding carboxylic acids is 1. The molecule has 1 aliphatic heterocycles. The fourth-order valence-electron chi connectivity index (χ4n) is 2.82. The summed E-state index contributed by atoms with van der Waals surface area (Å²) in [6.45, 7) is 10.4. The van der Waals surface area contributed by atoms with E-state index in [1.807, 2.05) is 26.8 Å². The molecule has 1 rings (SSSR count). The Hall–Kier alpha value is -0.870. The van der Waals surface area contributed by atoms with E-state index in [1.54, 1.807) is 6.92 Å². The minimum Gasteiger partial charge on any atom is -0.382 e. The normalized spacial score (nSPS) is 26.7. The molecule has 0 aromatic heterocycles. The van der Waals surface area contributed by atoms with Crippen molar-refractivity contribution in [3.63, 3.8) is 0 Å². The van der Waals surface area contributed by atoms with Crippen molar-refractivity contribution in [3.05, 3.63) is 11.8 Å². The SMILES string of the molecule is C/C=C(/C)NC(CC1OCC1CC)C(=O)C(C)(O)CCC. The predicted molar refractivity (Wildman–Crippen MR) is 85.0 cm³/mol. The second-order valence-electron chi connectivity index (χ2n) is 6.33. The molecule has 4 unspecified atom stereocenters. The highest BCUT2D eigenvalue weighted by Gasteiger charge is 2.40. The van der Waals surface area contributed by atoms with E-state index in [-0.39, 0.29) is 17.9 Å². The van der Waals surface area contributed by atoms with Gasteiger partial charge in [-0.25, -0.2) is 0 Å². The highest BCUT2D eigenvalue weighted by atomic mass is 16.5. The quantitative estimate of drug-likeness (QED) is 0.687. The molecule has 0 spiro atoms. The highest BCUT2D eigenvalue weighted by molar-refractivity contribution is 5.91. The van der Waals surface area contributed by atoms with Crippen LogP contribution >= 0.6 is 0 Å². The number of hydrogen-bond donors (Lipinski definition) is 2. The monoisotopic (exact) mass is 297 g/mol. The Morgan fingerprint density at radius 1 is 1.52 bits per heavy atom. The first-order valence-corrected chi connectivity index (χ1v) is 8.13. The summed E-state index contributed by atoms with van der Waals surface area (Å²) in [6.07, 6.45) is 5.03. The molecule has 1 saturated heterocycles. The third kappa shape index (κ3) is 4.82. The standard InChI is InChI=1S/C17H31NO3/c1-6-9-17(5,20)16(19)14(18-12(4)7-2)10-15-13(8-3)11-21-15/h7,13-15,18,20H,6,8-11H2,1-5H3/b12-7-. The first kappa shape index (κ1) is 18.2. The second-order valence-corrected chi connectivity index (χ2v) is 6.33. The first-order chi connectivity index (χ1) is 9.85. The Labute approximate surface area is 129 Å². The Kier molecular flexibility index (Phi) is 6.88. The summed E-state index contributed by atoms with van der Waals surface area (Å²) >= 11 is 0. The summed E-state index contributed by atoms with van der Waals surface area (Å²) in [5.74, 6) is 0.403. The molecule has 21 heavy (non-hydrogen) atoms. The Balaban J connectivity index is 2.79. The van der Waals surface area contributed by atoms with Gasteiger partial charge in [0.15, 0.2) is 5.78 Å². The molecule has 0 saturated carbocycles. The zero-order valence-electron chi connectivity index (χ0n) is 14.1. The summed E-state index contributed by atoms with van der Waals surface area (Å²) in [5.41, 5.74) is -0.320. The molecule has 1 heterocycles. The fourth-order valence-corrected chi connectivity index (χ4v) is 2.82. The van der Waals surface area contributed by atoms with Crippen LogP contribution in [0.2, 0.25) is 0 Å². The summed E-state index contributed by atoms with van der Waals surface area (Å²) in [4.78, 5) is 12.7. The Bertz CT molecular complexity index is 374. The predicted octanol–water partition coefficient (Wildman–Crippen LogP) is 2.80. The van der Waals surface area contributed by atoms with E-state index >= 15 is 0 Å². The minimum atomic E-state index is -1.27. The van der Waals surface area contributed by atoms with Crippen LogP contribution < -0.4 is 5.32 Å². The van der Waals surface area contributed by atoms with Gasteiger partial charge < -0.3 is 15.2 Å². The highest BCUT2D eigenvalue weighted by Crippen LogP contribution is 2.29. The van der Waals surface area contributed by atoms with Crippen molar-refractivity contribution in [2.45, 2.75) is 78.0 Å². The van der Waals surface area contributed by atoms with Crippen molar-refractivity contribution >= 4 is 5.78 Å². The van der Waals surface area contributed by atoms with Gasteiger partial charge in [0.05, 0.1) is 18.8 Å². The zero-order chi connectivity index (χ0) is 16.0. The summed E-state index contributed by atoms with van der Waals surface area (Å²) in [6, 6.07) is -0.387. The molecule has 0 amide bonds. The van der Waals surface area contributed by atoms with E-state index in [9.17, 15) is 9.90 Å². The summed E-state index contributed by atoms with van der Waals surface area (Å²) in [5, 5.41) is 13.7. The van der Waals surface area contributed by atoms with Crippen LogP contribution in [-0.4, -0.2) is 35.2 Å². The van der Waals surface area contributed by atoms with Crippen LogP contribution in [0.25, 0.3) is 0 Å². The second kappa shape index (κ2) is 7.95. The van der Waals surface area contributed by atoms with Crippen molar-refractivity contribution in [1.29, 1.82) is 0 Å². The van der Waals surface area contributed by atoms with E-state index in [4.69, 9.17) is 4.74 Å². The van der Waals surface area contributed by atoms with Gasteiger partial charge in [-0.1, -0.05) is 26.3 Å². The lowest BCUT2D eigenvalue weighted by molar-refractivity contribution is -0.146. The summed E-state index contributed by atoms with van der Waals surface area (Å²) < 4.78 is 5.61. The van der Waals surface area contributed by atoms with Crippen LogP contribution in [0.15, 0.2) is 11.8 Å². The molecule has 0 aromatic rings. The molecule has 2 N–H and O–H groups in total. The number of rotatable bonds is 9. The fraction of sp³-hybridized carbons (Fsp3) is 0.824. The van der Waals surface area contributed by atoms with E-state index < -0.39 is 5.60 Å². The van der Waals surface area contributed by atoms with Crippen LogP contribution in [0.1, 0.15) is 60.3 Å². The van der Waals surface area contributed by atoms with Crippen molar-refractivity contribution in [1.82, 2.24) is 5.32 Å². The van der Waals surface area contributed by atoms with Crippen molar-refractivity contribution in [2.24, 2.45) is 5.92 Å². The number of aliphatic hydroxyl groups is 1. The van der Waals surface area contributed by atoms with Crippen LogP contribution in [-0.2, 0) is 9.53 Å². The van der Waals surface area contributed by atoms with Crippen molar-refractivity contribution < 1.29 is 14.6 Å². The number of ether oxygens (including phenoxy) is 1. The zero-order valence-corrected chi connectivity index (χ0v) is 14.1. The van der Waals surface area contributed by atoms with Gasteiger partial charge in [-0.15, -0.1) is 0 Å². The van der Waals surface area contributed by atoms with Gasteiger partial charge in [-0.2, -0.15) is 0 Å². The molecule has 4 atom stereocenters. The van der Waals surface area contributed by atoms with Crippen LogP contribution in [0, 0.1) is 5.92 Å². The average Bonchev–Trinajstić information content (AvgIpc) is 2.41. The van der Waals surface area contributed by atoms with Gasteiger partial charge in [0.25, 0.3) is 0 Å². The van der Waals surface area contributed by atoms with Gasteiger partial charge in [-0.05, 0) is 33.6 Å². The van der Waals surface area contributed by atoms with E-state index in [0.717, 1.165) is 25.1 Å². The average molecular weight is 297 g/mol. The molecule has 0 radical (unpaired) electrons. The van der Waals surface area contributed by atoms with E-state index in [2.05, 4.69) is 12.2 Å². The third-order valence-electron chi connectivity index (χ3n) is 4.46. The lowest BCUT2D eigenvalue weighted by Crippen LogP contribution is -2.52. The maximum atomic E-state index is 12.7. The number of Topliss-reactive ketones (excluding diaryl/α,β-unsaturated/α-hetero) is 1. The van der Waals surface area contributed by atoms with Crippen molar-refractivity contribution in [3.8, 4) is 0 Å². The third-order valence-corrected chi connectivity index (χ3v) is 4.46.